The van der Waals surface area contributed by atoms with E-state index in [1.165, 1.54) is 11.8 Å². The first-order valence-electron chi connectivity index (χ1n) is 7.67. The molecule has 0 aromatic heterocycles. The highest BCUT2D eigenvalue weighted by Gasteiger charge is 2.52. The molecule has 1 aliphatic heterocycles. The lowest BCUT2D eigenvalue weighted by Crippen LogP contribution is -2.55. The summed E-state index contributed by atoms with van der Waals surface area (Å²) in [4.78, 5) is 24.7. The van der Waals surface area contributed by atoms with Crippen LogP contribution in [0.15, 0.2) is 53.4 Å². The maximum Gasteiger partial charge on any atom is 0.352 e. The molecule has 124 valence electrons. The number of rotatable bonds is 4. The summed E-state index contributed by atoms with van der Waals surface area (Å²) in [5.74, 6) is -1.05. The zero-order valence-electron chi connectivity index (χ0n) is 13.5. The van der Waals surface area contributed by atoms with Gasteiger partial charge in [0.05, 0.1) is 12.3 Å². The van der Waals surface area contributed by atoms with Gasteiger partial charge in [-0.1, -0.05) is 36.0 Å². The van der Waals surface area contributed by atoms with Crippen molar-refractivity contribution in [2.24, 2.45) is 0 Å². The standard InChI is InChI=1S/C18H18N2O3S/c1-3-23-17(22)18(20-13-7-5-4-6-8-13)16(21)19-14-10-9-12(2)11-15(14)24-18/h4-11,20H,3H2,1-2H3,(H,19,21)/t18-/m1/s1. The Morgan fingerprint density at radius 3 is 2.71 bits per heavy atom. The molecule has 2 N–H and O–H groups in total. The molecule has 0 bridgehead atoms. The summed E-state index contributed by atoms with van der Waals surface area (Å²) in [5, 5.41) is 5.88. The van der Waals surface area contributed by atoms with Crippen LogP contribution in [0.3, 0.4) is 0 Å². The van der Waals surface area contributed by atoms with Crippen LogP contribution in [-0.2, 0) is 14.3 Å². The van der Waals surface area contributed by atoms with E-state index in [2.05, 4.69) is 10.6 Å². The number of thioether (sulfide) groups is 1. The molecule has 3 rings (SSSR count). The van der Waals surface area contributed by atoms with Gasteiger partial charge in [-0.15, -0.1) is 0 Å². The molecule has 1 amide bonds. The average Bonchev–Trinajstić information content (AvgIpc) is 2.57. The van der Waals surface area contributed by atoms with Crippen LogP contribution < -0.4 is 10.6 Å². The number of anilines is 2. The van der Waals surface area contributed by atoms with Crippen molar-refractivity contribution in [2.45, 2.75) is 23.6 Å². The van der Waals surface area contributed by atoms with Gasteiger partial charge in [0.2, 0.25) is 0 Å². The molecule has 0 saturated heterocycles. The zero-order valence-corrected chi connectivity index (χ0v) is 14.3. The Balaban J connectivity index is 2.04. The number of carbonyl (C=O) groups excluding carboxylic acids is 2. The number of carbonyl (C=O) groups is 2. The van der Waals surface area contributed by atoms with E-state index in [9.17, 15) is 9.59 Å². The minimum atomic E-state index is -1.56. The van der Waals surface area contributed by atoms with Gasteiger partial charge in [-0.3, -0.25) is 4.79 Å². The Kier molecular flexibility index (Phi) is 4.49. The van der Waals surface area contributed by atoms with Crippen molar-refractivity contribution in [2.75, 3.05) is 17.2 Å². The summed E-state index contributed by atoms with van der Waals surface area (Å²) in [5.41, 5.74) is 2.42. The number of aryl methyl sites for hydroxylation is 1. The number of amides is 1. The molecule has 0 radical (unpaired) electrons. The summed E-state index contributed by atoms with van der Waals surface area (Å²) in [7, 11) is 0. The molecular formula is C18H18N2O3S. The summed E-state index contributed by atoms with van der Waals surface area (Å²) in [6.07, 6.45) is 0. The first-order valence-corrected chi connectivity index (χ1v) is 8.48. The second-order valence-electron chi connectivity index (χ2n) is 5.45. The molecule has 6 heteroatoms. The first-order chi connectivity index (χ1) is 11.5. The van der Waals surface area contributed by atoms with Gasteiger partial charge in [0, 0.05) is 10.6 Å². The number of hydrogen-bond donors (Lipinski definition) is 2. The Labute approximate surface area is 144 Å². The SMILES string of the molecule is CCOC(=O)[C@]1(Nc2ccccc2)Sc2cc(C)ccc2NC1=O. The molecule has 1 atom stereocenters. The smallest absolute Gasteiger partial charge is 0.352 e. The molecular weight excluding hydrogens is 324 g/mol. The maximum absolute atomic E-state index is 12.8. The molecule has 1 aliphatic rings. The monoisotopic (exact) mass is 342 g/mol. The number of para-hydroxylation sites is 1. The van der Waals surface area contributed by atoms with E-state index in [0.29, 0.717) is 11.4 Å². The van der Waals surface area contributed by atoms with E-state index in [4.69, 9.17) is 4.74 Å². The van der Waals surface area contributed by atoms with Gasteiger partial charge in [-0.2, -0.15) is 0 Å². The fourth-order valence-corrected chi connectivity index (χ4v) is 3.72. The number of benzene rings is 2. The van der Waals surface area contributed by atoms with Gasteiger partial charge in [0.1, 0.15) is 0 Å². The Hall–Kier alpha value is -2.47. The molecule has 2 aromatic carbocycles. The van der Waals surface area contributed by atoms with E-state index >= 15 is 0 Å². The third-order valence-corrected chi connectivity index (χ3v) is 4.94. The zero-order chi connectivity index (χ0) is 17.2. The van der Waals surface area contributed by atoms with Gasteiger partial charge in [0.15, 0.2) is 0 Å². The average molecular weight is 342 g/mol. The van der Waals surface area contributed by atoms with Gasteiger partial charge in [0.25, 0.3) is 10.8 Å². The van der Waals surface area contributed by atoms with E-state index < -0.39 is 16.7 Å². The number of esters is 1. The number of hydrogen-bond acceptors (Lipinski definition) is 5. The normalized spacial score (nSPS) is 19.2. The van der Waals surface area contributed by atoms with Crippen molar-refractivity contribution in [3.63, 3.8) is 0 Å². The van der Waals surface area contributed by atoms with Crippen LogP contribution in [0.25, 0.3) is 0 Å². The van der Waals surface area contributed by atoms with Crippen LogP contribution in [0.5, 0.6) is 0 Å². The third-order valence-electron chi connectivity index (χ3n) is 3.63. The summed E-state index contributed by atoms with van der Waals surface area (Å²) < 4.78 is 5.19. The summed E-state index contributed by atoms with van der Waals surface area (Å²) in [6, 6.07) is 14.9. The lowest BCUT2D eigenvalue weighted by Gasteiger charge is -2.35. The quantitative estimate of drug-likeness (QED) is 0.658. The molecule has 24 heavy (non-hydrogen) atoms. The Morgan fingerprint density at radius 1 is 1.25 bits per heavy atom. The van der Waals surface area contributed by atoms with E-state index in [1.807, 2.05) is 43.3 Å². The topological polar surface area (TPSA) is 67.4 Å². The van der Waals surface area contributed by atoms with Crippen LogP contribution in [-0.4, -0.2) is 23.4 Å². The highest BCUT2D eigenvalue weighted by Crippen LogP contribution is 2.44. The predicted octanol–water partition coefficient (Wildman–Crippen LogP) is 3.41. The minimum Gasteiger partial charge on any atom is -0.463 e. The molecule has 0 spiro atoms. The summed E-state index contributed by atoms with van der Waals surface area (Å²) >= 11 is 1.17. The maximum atomic E-state index is 12.8. The fourth-order valence-electron chi connectivity index (χ4n) is 2.46. The first kappa shape index (κ1) is 16.4. The van der Waals surface area contributed by atoms with Crippen molar-refractivity contribution < 1.29 is 14.3 Å². The van der Waals surface area contributed by atoms with E-state index in [0.717, 1.165) is 10.5 Å². The highest BCUT2D eigenvalue weighted by molar-refractivity contribution is 8.02. The Morgan fingerprint density at radius 2 is 2.00 bits per heavy atom. The second kappa shape index (κ2) is 6.57. The van der Waals surface area contributed by atoms with E-state index in [-0.39, 0.29) is 6.61 Å². The Bertz CT molecular complexity index is 779. The molecule has 0 fully saturated rings. The molecule has 0 aliphatic carbocycles. The highest BCUT2D eigenvalue weighted by atomic mass is 32.2. The van der Waals surface area contributed by atoms with Gasteiger partial charge in [-0.05, 0) is 43.7 Å². The fraction of sp³-hybridized carbons (Fsp3) is 0.222. The van der Waals surface area contributed by atoms with Gasteiger partial charge in [-0.25, -0.2) is 4.79 Å². The van der Waals surface area contributed by atoms with Crippen LogP contribution in [0.2, 0.25) is 0 Å². The van der Waals surface area contributed by atoms with E-state index in [1.54, 1.807) is 19.1 Å². The largest absolute Gasteiger partial charge is 0.463 e. The number of fused-ring (bicyclic) bond motifs is 1. The molecule has 2 aromatic rings. The van der Waals surface area contributed by atoms with Crippen LogP contribution in [0, 0.1) is 6.92 Å². The second-order valence-corrected chi connectivity index (χ2v) is 6.70. The third kappa shape index (κ3) is 2.97. The van der Waals surface area contributed by atoms with Crippen molar-refractivity contribution in [1.82, 2.24) is 0 Å². The summed E-state index contributed by atoms with van der Waals surface area (Å²) in [6.45, 7) is 3.89. The number of nitrogens with one attached hydrogen (secondary N) is 2. The van der Waals surface area contributed by atoms with Crippen molar-refractivity contribution >= 4 is 35.0 Å². The van der Waals surface area contributed by atoms with Crippen molar-refractivity contribution in [1.29, 1.82) is 0 Å². The minimum absolute atomic E-state index is 0.200. The number of ether oxygens (including phenoxy) is 1. The molecule has 0 saturated carbocycles. The predicted molar refractivity (Wildman–Crippen MR) is 95.1 cm³/mol. The van der Waals surface area contributed by atoms with Crippen molar-refractivity contribution in [3.8, 4) is 0 Å². The lowest BCUT2D eigenvalue weighted by molar-refractivity contribution is -0.147. The van der Waals surface area contributed by atoms with Crippen molar-refractivity contribution in [3.05, 3.63) is 54.1 Å². The molecule has 5 nitrogen and oxygen atoms in total. The van der Waals surface area contributed by atoms with Gasteiger partial charge >= 0.3 is 5.97 Å². The lowest BCUT2D eigenvalue weighted by atomic mass is 10.2. The molecule has 1 heterocycles. The van der Waals surface area contributed by atoms with Crippen LogP contribution in [0.4, 0.5) is 11.4 Å². The van der Waals surface area contributed by atoms with Crippen LogP contribution >= 0.6 is 11.8 Å². The van der Waals surface area contributed by atoms with Crippen LogP contribution in [0.1, 0.15) is 12.5 Å². The van der Waals surface area contributed by atoms with Gasteiger partial charge < -0.3 is 15.4 Å². The molecule has 0 unspecified atom stereocenters.